The number of fused-ring (bicyclic) bond motifs is 1. The van der Waals surface area contributed by atoms with Crippen molar-refractivity contribution in [3.63, 3.8) is 0 Å². The third kappa shape index (κ3) is 2.79. The van der Waals surface area contributed by atoms with Crippen molar-refractivity contribution in [1.82, 2.24) is 14.4 Å². The van der Waals surface area contributed by atoms with Crippen molar-refractivity contribution in [2.45, 2.75) is 6.92 Å². The molecule has 0 spiro atoms. The molecule has 2 N–H and O–H groups in total. The molecular weight excluding hydrogens is 336 g/mol. The van der Waals surface area contributed by atoms with Crippen LogP contribution in [0.15, 0.2) is 60.9 Å². The minimum atomic E-state index is 0.187. The van der Waals surface area contributed by atoms with Crippen LogP contribution in [0.1, 0.15) is 5.56 Å². The second kappa shape index (κ2) is 6.11. The number of phenolic OH excluding ortho intramolecular Hbond substituents is 1. The smallest absolute Gasteiger partial charge is 0.235 e. The highest BCUT2D eigenvalue weighted by Gasteiger charge is 2.16. The second-order valence-electron chi connectivity index (χ2n) is 5.69. The lowest BCUT2D eigenvalue weighted by atomic mass is 10.1. The maximum atomic E-state index is 9.82. The topological polar surface area (TPSA) is 62.5 Å². The Labute approximate surface area is 149 Å². The molecule has 2 heterocycles. The zero-order chi connectivity index (χ0) is 17.4. The molecule has 124 valence electrons. The monoisotopic (exact) mass is 350 g/mol. The van der Waals surface area contributed by atoms with Crippen molar-refractivity contribution in [3.8, 4) is 17.0 Å². The Morgan fingerprint density at radius 2 is 1.96 bits per heavy atom. The first-order valence-corrected chi connectivity index (χ1v) is 8.16. The van der Waals surface area contributed by atoms with E-state index in [1.54, 1.807) is 24.4 Å². The summed E-state index contributed by atoms with van der Waals surface area (Å²) in [5.41, 5.74) is 3.34. The summed E-state index contributed by atoms with van der Waals surface area (Å²) in [6.07, 6.45) is 3.59. The third-order valence-corrected chi connectivity index (χ3v) is 4.45. The number of aromatic nitrogens is 3. The molecule has 2 aromatic heterocycles. The van der Waals surface area contributed by atoms with Crippen LogP contribution < -0.4 is 5.32 Å². The number of rotatable bonds is 3. The standard InChI is InChI=1S/C19H15ClN4O/c1-12-15(20)7-3-8-16(12)22-18-17(13-5-2-6-14(25)11-13)23-19-21-9-4-10-24(18)19/h2-11,22,25H,1H3. The Kier molecular flexibility index (Phi) is 3.78. The Balaban J connectivity index is 1.92. The number of nitrogens with one attached hydrogen (secondary N) is 1. The van der Waals surface area contributed by atoms with E-state index in [9.17, 15) is 5.11 Å². The van der Waals surface area contributed by atoms with Crippen LogP contribution in [-0.4, -0.2) is 19.5 Å². The van der Waals surface area contributed by atoms with Crippen molar-refractivity contribution in [1.29, 1.82) is 0 Å². The number of aromatic hydroxyl groups is 1. The van der Waals surface area contributed by atoms with E-state index in [1.165, 1.54) is 0 Å². The predicted molar refractivity (Wildman–Crippen MR) is 99.6 cm³/mol. The number of benzene rings is 2. The zero-order valence-corrected chi connectivity index (χ0v) is 14.2. The van der Waals surface area contributed by atoms with E-state index in [-0.39, 0.29) is 5.75 Å². The summed E-state index contributed by atoms with van der Waals surface area (Å²) in [6, 6.07) is 14.6. The SMILES string of the molecule is Cc1c(Cl)cccc1Nc1c(-c2cccc(O)c2)nc2ncccn12. The minimum Gasteiger partial charge on any atom is -0.508 e. The van der Waals surface area contributed by atoms with Crippen molar-refractivity contribution in [2.24, 2.45) is 0 Å². The molecule has 0 atom stereocenters. The molecule has 0 fully saturated rings. The summed E-state index contributed by atoms with van der Waals surface area (Å²) >= 11 is 6.24. The molecule has 4 rings (SSSR count). The first-order chi connectivity index (χ1) is 12.1. The van der Waals surface area contributed by atoms with Crippen LogP contribution in [0.3, 0.4) is 0 Å². The number of imidazole rings is 1. The summed E-state index contributed by atoms with van der Waals surface area (Å²) in [4.78, 5) is 8.93. The Morgan fingerprint density at radius 1 is 1.12 bits per heavy atom. The number of hydrogen-bond donors (Lipinski definition) is 2. The molecular formula is C19H15ClN4O. The number of halogens is 1. The predicted octanol–water partition coefficient (Wildman–Crippen LogP) is 4.81. The van der Waals surface area contributed by atoms with Gasteiger partial charge in [-0.2, -0.15) is 0 Å². The van der Waals surface area contributed by atoms with E-state index in [2.05, 4.69) is 15.3 Å². The van der Waals surface area contributed by atoms with Gasteiger partial charge in [0.05, 0.1) is 0 Å². The van der Waals surface area contributed by atoms with Crippen molar-refractivity contribution in [2.75, 3.05) is 5.32 Å². The lowest BCUT2D eigenvalue weighted by Crippen LogP contribution is -1.99. The average Bonchev–Trinajstić information content (AvgIpc) is 2.98. The van der Waals surface area contributed by atoms with E-state index in [0.29, 0.717) is 16.5 Å². The number of nitrogens with zero attached hydrogens (tertiary/aromatic N) is 3. The molecule has 0 aliphatic carbocycles. The quantitative estimate of drug-likeness (QED) is 0.556. The van der Waals surface area contributed by atoms with Gasteiger partial charge in [-0.15, -0.1) is 0 Å². The summed E-state index contributed by atoms with van der Waals surface area (Å²) < 4.78 is 1.87. The van der Waals surface area contributed by atoms with E-state index in [0.717, 1.165) is 22.6 Å². The molecule has 0 unspecified atom stereocenters. The molecule has 6 heteroatoms. The third-order valence-electron chi connectivity index (χ3n) is 4.04. The Bertz CT molecular complexity index is 1070. The van der Waals surface area contributed by atoms with Gasteiger partial charge in [-0.05, 0) is 42.8 Å². The molecule has 0 saturated heterocycles. The number of anilines is 2. The zero-order valence-electron chi connectivity index (χ0n) is 13.4. The molecule has 2 aromatic carbocycles. The minimum absolute atomic E-state index is 0.187. The van der Waals surface area contributed by atoms with Crippen LogP contribution in [0.2, 0.25) is 5.02 Å². The summed E-state index contributed by atoms with van der Waals surface area (Å²) in [6.45, 7) is 1.96. The molecule has 0 amide bonds. The first-order valence-electron chi connectivity index (χ1n) is 7.78. The van der Waals surface area contributed by atoms with E-state index in [1.807, 2.05) is 47.9 Å². The van der Waals surface area contributed by atoms with Crippen molar-refractivity contribution in [3.05, 3.63) is 71.5 Å². The number of phenols is 1. The fourth-order valence-corrected chi connectivity index (χ4v) is 2.91. The fraction of sp³-hybridized carbons (Fsp3) is 0.0526. The van der Waals surface area contributed by atoms with Gasteiger partial charge in [0.25, 0.3) is 0 Å². The molecule has 0 aliphatic rings. The highest BCUT2D eigenvalue weighted by molar-refractivity contribution is 6.31. The van der Waals surface area contributed by atoms with E-state index < -0.39 is 0 Å². The lowest BCUT2D eigenvalue weighted by molar-refractivity contribution is 0.475. The first kappa shape index (κ1) is 15.5. The number of hydrogen-bond acceptors (Lipinski definition) is 4. The van der Waals surface area contributed by atoms with Gasteiger partial charge in [0, 0.05) is 28.7 Å². The van der Waals surface area contributed by atoms with Crippen molar-refractivity contribution < 1.29 is 5.11 Å². The molecule has 0 bridgehead atoms. The fourth-order valence-electron chi connectivity index (χ4n) is 2.73. The normalized spacial score (nSPS) is 11.0. The Morgan fingerprint density at radius 3 is 2.80 bits per heavy atom. The molecule has 4 aromatic rings. The van der Waals surface area contributed by atoms with Crippen LogP contribution in [0.25, 0.3) is 17.0 Å². The average molecular weight is 351 g/mol. The van der Waals surface area contributed by atoms with Gasteiger partial charge in [-0.1, -0.05) is 29.8 Å². The lowest BCUT2D eigenvalue weighted by Gasteiger charge is -2.12. The maximum Gasteiger partial charge on any atom is 0.235 e. The van der Waals surface area contributed by atoms with Gasteiger partial charge in [-0.25, -0.2) is 9.97 Å². The molecule has 0 saturated carbocycles. The maximum absolute atomic E-state index is 9.82. The van der Waals surface area contributed by atoms with Crippen LogP contribution in [0.5, 0.6) is 5.75 Å². The van der Waals surface area contributed by atoms with E-state index >= 15 is 0 Å². The van der Waals surface area contributed by atoms with Crippen LogP contribution in [0.4, 0.5) is 11.5 Å². The summed E-state index contributed by atoms with van der Waals surface area (Å²) in [5.74, 6) is 1.52. The van der Waals surface area contributed by atoms with Crippen LogP contribution >= 0.6 is 11.6 Å². The van der Waals surface area contributed by atoms with Gasteiger partial charge < -0.3 is 10.4 Å². The summed E-state index contributed by atoms with van der Waals surface area (Å²) in [5, 5.41) is 13.9. The molecule has 0 radical (unpaired) electrons. The second-order valence-corrected chi connectivity index (χ2v) is 6.09. The van der Waals surface area contributed by atoms with Crippen LogP contribution in [0, 0.1) is 6.92 Å². The molecule has 5 nitrogen and oxygen atoms in total. The van der Waals surface area contributed by atoms with Gasteiger partial charge in [0.15, 0.2) is 0 Å². The van der Waals surface area contributed by atoms with Gasteiger partial charge >= 0.3 is 0 Å². The highest BCUT2D eigenvalue weighted by Crippen LogP contribution is 2.34. The Hall–Kier alpha value is -3.05. The molecule has 0 aliphatic heterocycles. The van der Waals surface area contributed by atoms with E-state index in [4.69, 9.17) is 11.6 Å². The van der Waals surface area contributed by atoms with Crippen molar-refractivity contribution >= 4 is 28.9 Å². The molecule has 25 heavy (non-hydrogen) atoms. The highest BCUT2D eigenvalue weighted by atomic mass is 35.5. The van der Waals surface area contributed by atoms with Gasteiger partial charge in [0.2, 0.25) is 5.78 Å². The van der Waals surface area contributed by atoms with Gasteiger partial charge in [0.1, 0.15) is 17.3 Å². The summed E-state index contributed by atoms with van der Waals surface area (Å²) in [7, 11) is 0. The van der Waals surface area contributed by atoms with Gasteiger partial charge in [-0.3, -0.25) is 4.40 Å². The largest absolute Gasteiger partial charge is 0.508 e. The van der Waals surface area contributed by atoms with Crippen LogP contribution in [-0.2, 0) is 0 Å².